The topological polar surface area (TPSA) is 81.1 Å². The van der Waals surface area contributed by atoms with Crippen molar-refractivity contribution in [2.75, 3.05) is 31.1 Å². The van der Waals surface area contributed by atoms with Gasteiger partial charge in [-0.25, -0.2) is 8.42 Å². The van der Waals surface area contributed by atoms with Crippen LogP contribution < -0.4 is 4.90 Å². The molecule has 0 spiro atoms. The molecule has 31 heavy (non-hydrogen) atoms. The van der Waals surface area contributed by atoms with Gasteiger partial charge >= 0.3 is 6.18 Å². The average molecular weight is 477 g/mol. The lowest BCUT2D eigenvalue weighted by Gasteiger charge is -2.41. The highest BCUT2D eigenvalue weighted by Crippen LogP contribution is 2.39. The first kappa shape index (κ1) is 23.9. The van der Waals surface area contributed by atoms with E-state index in [1.165, 1.54) is 34.6 Å². The molecule has 0 aliphatic carbocycles. The Bertz CT molecular complexity index is 1030. The standard InChI is InChI=1S/C20H23F3N2O4S2/c1-19(27,20(21,22)23)14-6-8-15(9-7-14)25-11-10-24(12-16(25)13-26)31(28,29)18-5-3-2-4-17(18)30/h2-9,16,26-27,30H,10-13H2,1H3/t16-,19+/m1/s1. The van der Waals surface area contributed by atoms with E-state index in [0.717, 1.165) is 0 Å². The van der Waals surface area contributed by atoms with Crippen LogP contribution in [0, 0.1) is 0 Å². The number of aliphatic hydroxyl groups is 2. The zero-order valence-electron chi connectivity index (χ0n) is 16.6. The van der Waals surface area contributed by atoms with E-state index < -0.39 is 27.8 Å². The summed E-state index contributed by atoms with van der Waals surface area (Å²) in [5, 5.41) is 19.7. The molecule has 1 heterocycles. The number of alkyl halides is 3. The van der Waals surface area contributed by atoms with Crippen molar-refractivity contribution in [1.82, 2.24) is 4.31 Å². The number of thiol groups is 1. The van der Waals surface area contributed by atoms with Gasteiger partial charge in [0.1, 0.15) is 0 Å². The summed E-state index contributed by atoms with van der Waals surface area (Å²) in [4.78, 5) is 2.13. The highest BCUT2D eigenvalue weighted by Gasteiger charge is 2.51. The van der Waals surface area contributed by atoms with Gasteiger partial charge in [0, 0.05) is 30.2 Å². The Morgan fingerprint density at radius 1 is 1.10 bits per heavy atom. The highest BCUT2D eigenvalue weighted by molar-refractivity contribution is 7.90. The van der Waals surface area contributed by atoms with E-state index in [9.17, 15) is 31.8 Å². The van der Waals surface area contributed by atoms with Crippen molar-refractivity contribution in [1.29, 1.82) is 0 Å². The Labute approximate surface area is 184 Å². The first-order chi connectivity index (χ1) is 14.4. The fourth-order valence-corrected chi connectivity index (χ4v) is 5.55. The minimum Gasteiger partial charge on any atom is -0.394 e. The third-order valence-corrected chi connectivity index (χ3v) is 7.92. The average Bonchev–Trinajstić information content (AvgIpc) is 2.72. The second-order valence-electron chi connectivity index (χ2n) is 7.48. The van der Waals surface area contributed by atoms with E-state index in [-0.39, 0.29) is 36.7 Å². The largest absolute Gasteiger partial charge is 0.421 e. The molecule has 170 valence electrons. The number of benzene rings is 2. The van der Waals surface area contributed by atoms with Gasteiger partial charge in [0.2, 0.25) is 10.0 Å². The Hall–Kier alpha value is -1.79. The number of hydrogen-bond donors (Lipinski definition) is 3. The predicted octanol–water partition coefficient (Wildman–Crippen LogP) is 2.62. The molecule has 2 aromatic carbocycles. The molecule has 0 aromatic heterocycles. The summed E-state index contributed by atoms with van der Waals surface area (Å²) in [6.07, 6.45) is -4.83. The van der Waals surface area contributed by atoms with E-state index in [0.29, 0.717) is 17.5 Å². The molecule has 1 aliphatic rings. The van der Waals surface area contributed by atoms with Crippen LogP contribution in [-0.4, -0.2) is 61.4 Å². The lowest BCUT2D eigenvalue weighted by Crippen LogP contribution is -2.56. The second kappa shape index (κ2) is 8.62. The molecular formula is C20H23F3N2O4S2. The van der Waals surface area contributed by atoms with E-state index >= 15 is 0 Å². The summed E-state index contributed by atoms with van der Waals surface area (Å²) in [5.74, 6) is 0. The molecule has 6 nitrogen and oxygen atoms in total. The van der Waals surface area contributed by atoms with Crippen LogP contribution in [-0.2, 0) is 15.6 Å². The van der Waals surface area contributed by atoms with Crippen LogP contribution in [0.2, 0.25) is 0 Å². The number of aliphatic hydroxyl groups excluding tert-OH is 1. The molecule has 0 amide bonds. The third-order valence-electron chi connectivity index (χ3n) is 5.45. The number of piperazine rings is 1. The summed E-state index contributed by atoms with van der Waals surface area (Å²) in [6, 6.07) is 10.9. The minimum absolute atomic E-state index is 0.00294. The van der Waals surface area contributed by atoms with E-state index in [1.54, 1.807) is 23.1 Å². The fourth-order valence-electron chi connectivity index (χ4n) is 3.50. The maximum atomic E-state index is 13.1. The zero-order valence-corrected chi connectivity index (χ0v) is 18.3. The summed E-state index contributed by atoms with van der Waals surface area (Å²) >= 11 is 4.22. The van der Waals surface area contributed by atoms with Crippen molar-refractivity contribution in [3.63, 3.8) is 0 Å². The normalized spacial score (nSPS) is 20.5. The van der Waals surface area contributed by atoms with E-state index in [4.69, 9.17) is 0 Å². The lowest BCUT2D eigenvalue weighted by atomic mass is 9.95. The number of nitrogens with zero attached hydrogens (tertiary/aromatic N) is 2. The molecule has 1 fully saturated rings. The Morgan fingerprint density at radius 3 is 2.26 bits per heavy atom. The quantitative estimate of drug-likeness (QED) is 0.578. The van der Waals surface area contributed by atoms with Gasteiger partial charge in [-0.05, 0) is 36.8 Å². The summed E-state index contributed by atoms with van der Waals surface area (Å²) in [7, 11) is -3.82. The minimum atomic E-state index is -4.83. The second-order valence-corrected chi connectivity index (χ2v) is 9.87. The fraction of sp³-hybridized carbons (Fsp3) is 0.400. The van der Waals surface area contributed by atoms with Crippen molar-refractivity contribution >= 4 is 28.3 Å². The molecule has 1 aliphatic heterocycles. The van der Waals surface area contributed by atoms with Gasteiger partial charge in [-0.3, -0.25) is 0 Å². The molecule has 2 N–H and O–H groups in total. The highest BCUT2D eigenvalue weighted by atomic mass is 32.2. The zero-order chi connectivity index (χ0) is 23.0. The lowest BCUT2D eigenvalue weighted by molar-refractivity contribution is -0.258. The number of rotatable bonds is 5. The molecule has 11 heteroatoms. The molecular weight excluding hydrogens is 453 g/mol. The van der Waals surface area contributed by atoms with Gasteiger partial charge in [-0.1, -0.05) is 24.3 Å². The first-order valence-electron chi connectivity index (χ1n) is 9.45. The van der Waals surface area contributed by atoms with Crippen LogP contribution in [0.4, 0.5) is 18.9 Å². The number of anilines is 1. The van der Waals surface area contributed by atoms with Gasteiger partial charge < -0.3 is 15.1 Å². The van der Waals surface area contributed by atoms with Crippen LogP contribution >= 0.6 is 12.6 Å². The monoisotopic (exact) mass is 476 g/mol. The molecule has 3 rings (SSSR count). The van der Waals surface area contributed by atoms with Crippen LogP contribution in [0.1, 0.15) is 12.5 Å². The van der Waals surface area contributed by atoms with Crippen molar-refractivity contribution in [2.24, 2.45) is 0 Å². The maximum absolute atomic E-state index is 13.1. The van der Waals surface area contributed by atoms with E-state index in [2.05, 4.69) is 12.6 Å². The van der Waals surface area contributed by atoms with Gasteiger partial charge in [-0.2, -0.15) is 17.5 Å². The molecule has 0 radical (unpaired) electrons. The number of sulfonamides is 1. The molecule has 2 aromatic rings. The van der Waals surface area contributed by atoms with Crippen LogP contribution in [0.15, 0.2) is 58.3 Å². The SMILES string of the molecule is C[C@](O)(c1ccc(N2CCN(S(=O)(=O)c3ccccc3S)C[C@@H]2CO)cc1)C(F)(F)F. The Balaban J connectivity index is 1.81. The molecule has 0 bridgehead atoms. The molecule has 0 saturated carbocycles. The van der Waals surface area contributed by atoms with Gasteiger partial charge in [0.15, 0.2) is 5.60 Å². The molecule has 1 saturated heterocycles. The van der Waals surface area contributed by atoms with Crippen LogP contribution in [0.5, 0.6) is 0 Å². The third kappa shape index (κ3) is 4.56. The summed E-state index contributed by atoms with van der Waals surface area (Å²) in [6.45, 7) is 0.693. The smallest absolute Gasteiger partial charge is 0.394 e. The first-order valence-corrected chi connectivity index (χ1v) is 11.3. The molecule has 0 unspecified atom stereocenters. The van der Waals surface area contributed by atoms with Gasteiger partial charge in [0.05, 0.1) is 17.5 Å². The van der Waals surface area contributed by atoms with Crippen molar-refractivity contribution in [3.05, 3.63) is 54.1 Å². The number of halogens is 3. The predicted molar refractivity (Wildman–Crippen MR) is 113 cm³/mol. The van der Waals surface area contributed by atoms with Crippen molar-refractivity contribution in [2.45, 2.75) is 34.5 Å². The number of hydrogen-bond acceptors (Lipinski definition) is 6. The van der Waals surface area contributed by atoms with Crippen LogP contribution in [0.3, 0.4) is 0 Å². The van der Waals surface area contributed by atoms with Crippen LogP contribution in [0.25, 0.3) is 0 Å². The summed E-state index contributed by atoms with van der Waals surface area (Å²) < 4.78 is 66.4. The Morgan fingerprint density at radius 2 is 1.71 bits per heavy atom. The van der Waals surface area contributed by atoms with E-state index in [1.807, 2.05) is 0 Å². The van der Waals surface area contributed by atoms with Gasteiger partial charge in [-0.15, -0.1) is 12.6 Å². The maximum Gasteiger partial charge on any atom is 0.421 e. The summed E-state index contributed by atoms with van der Waals surface area (Å²) in [5.41, 5.74) is -2.78. The van der Waals surface area contributed by atoms with Gasteiger partial charge in [0.25, 0.3) is 0 Å². The Kier molecular flexibility index (Phi) is 6.64. The molecule has 2 atom stereocenters. The van der Waals surface area contributed by atoms with Crippen molar-refractivity contribution in [3.8, 4) is 0 Å². The van der Waals surface area contributed by atoms with Crippen molar-refractivity contribution < 1.29 is 31.8 Å².